The second kappa shape index (κ2) is 4.04. The van der Waals surface area contributed by atoms with Crippen LogP contribution in [-0.4, -0.2) is 10.8 Å². The van der Waals surface area contributed by atoms with Crippen molar-refractivity contribution >= 4 is 40.1 Å². The predicted octanol–water partition coefficient (Wildman–Crippen LogP) is 4.04. The number of thiazole rings is 1. The van der Waals surface area contributed by atoms with Gasteiger partial charge in [0.25, 0.3) is 0 Å². The summed E-state index contributed by atoms with van der Waals surface area (Å²) in [6, 6.07) is 1.87. The average Bonchev–Trinajstić information content (AvgIpc) is 2.71. The second-order valence-corrected chi connectivity index (χ2v) is 5.47. The Morgan fingerprint density at radius 2 is 2.27 bits per heavy atom. The van der Waals surface area contributed by atoms with Gasteiger partial charge in [0.2, 0.25) is 0 Å². The van der Waals surface area contributed by atoms with Crippen LogP contribution in [0.1, 0.15) is 22.3 Å². The van der Waals surface area contributed by atoms with Crippen LogP contribution in [0.3, 0.4) is 0 Å². The van der Waals surface area contributed by atoms with Crippen molar-refractivity contribution < 1.29 is 4.79 Å². The zero-order valence-electron chi connectivity index (χ0n) is 8.20. The predicted molar refractivity (Wildman–Crippen MR) is 65.2 cm³/mol. The van der Waals surface area contributed by atoms with Crippen LogP contribution in [0.4, 0.5) is 0 Å². The molecule has 0 N–H and O–H groups in total. The lowest BCUT2D eigenvalue weighted by molar-refractivity contribution is 0.102. The molecule has 0 aromatic carbocycles. The van der Waals surface area contributed by atoms with Crippen LogP contribution in [-0.2, 0) is 0 Å². The number of ketones is 1. The first-order chi connectivity index (χ1) is 7.08. The highest BCUT2D eigenvalue weighted by atomic mass is 35.5. The van der Waals surface area contributed by atoms with E-state index in [4.69, 9.17) is 11.6 Å². The fourth-order valence-corrected chi connectivity index (χ4v) is 3.35. The van der Waals surface area contributed by atoms with Gasteiger partial charge in [-0.1, -0.05) is 11.6 Å². The highest BCUT2D eigenvalue weighted by Gasteiger charge is 2.13. The van der Waals surface area contributed by atoms with Crippen LogP contribution in [0.25, 0.3) is 9.88 Å². The summed E-state index contributed by atoms with van der Waals surface area (Å²) in [7, 11) is 0. The highest BCUT2D eigenvalue weighted by Crippen LogP contribution is 2.34. The zero-order valence-corrected chi connectivity index (χ0v) is 10.6. The number of nitrogens with zero attached hydrogens (tertiary/aromatic N) is 1. The molecular formula is C10H8ClNOS2. The third-order valence-corrected chi connectivity index (χ3v) is 4.60. The summed E-state index contributed by atoms with van der Waals surface area (Å²) in [6.45, 7) is 3.41. The summed E-state index contributed by atoms with van der Waals surface area (Å²) in [5.41, 5.74) is 0.798. The molecule has 2 heterocycles. The molecule has 0 radical (unpaired) electrons. The molecule has 0 saturated heterocycles. The number of carbonyl (C=O) groups excluding carboxylic acids is 1. The number of Topliss-reactive ketones (excluding diaryl/α,β-unsaturated/α-hetero) is 1. The molecule has 78 valence electrons. The zero-order chi connectivity index (χ0) is 11.0. The first-order valence-corrected chi connectivity index (χ1v) is 6.38. The van der Waals surface area contributed by atoms with Gasteiger partial charge in [-0.2, -0.15) is 0 Å². The van der Waals surface area contributed by atoms with Gasteiger partial charge in [-0.15, -0.1) is 22.7 Å². The maximum atomic E-state index is 11.3. The van der Waals surface area contributed by atoms with Crippen molar-refractivity contribution in [1.82, 2.24) is 4.98 Å². The molecule has 2 aromatic rings. The molecule has 15 heavy (non-hydrogen) atoms. The summed E-state index contributed by atoms with van der Waals surface area (Å²) in [5, 5.41) is 3.45. The van der Waals surface area contributed by atoms with Crippen molar-refractivity contribution in [3.8, 4) is 9.88 Å². The number of halogens is 1. The van der Waals surface area contributed by atoms with Crippen molar-refractivity contribution in [2.45, 2.75) is 13.8 Å². The monoisotopic (exact) mass is 257 g/mol. The van der Waals surface area contributed by atoms with E-state index >= 15 is 0 Å². The van der Waals surface area contributed by atoms with Crippen LogP contribution in [0.15, 0.2) is 11.4 Å². The highest BCUT2D eigenvalue weighted by molar-refractivity contribution is 7.22. The van der Waals surface area contributed by atoms with Crippen molar-refractivity contribution in [3.63, 3.8) is 0 Å². The largest absolute Gasteiger partial charge is 0.294 e. The number of hydrogen-bond acceptors (Lipinski definition) is 4. The van der Waals surface area contributed by atoms with Crippen molar-refractivity contribution in [2.24, 2.45) is 0 Å². The topological polar surface area (TPSA) is 30.0 Å². The van der Waals surface area contributed by atoms with Gasteiger partial charge in [-0.3, -0.25) is 4.79 Å². The average molecular weight is 258 g/mol. The summed E-state index contributed by atoms with van der Waals surface area (Å²) in [6.07, 6.45) is 0. The van der Waals surface area contributed by atoms with E-state index in [0.29, 0.717) is 5.02 Å². The molecule has 2 nitrogen and oxygen atoms in total. The smallest absolute Gasteiger partial charge is 0.171 e. The van der Waals surface area contributed by atoms with Crippen molar-refractivity contribution in [2.75, 3.05) is 0 Å². The number of rotatable bonds is 2. The Labute approximate surface area is 101 Å². The Balaban J connectivity index is 2.46. The minimum atomic E-state index is 0.0684. The van der Waals surface area contributed by atoms with Crippen LogP contribution in [0.5, 0.6) is 0 Å². The van der Waals surface area contributed by atoms with Gasteiger partial charge in [-0.25, -0.2) is 4.98 Å². The lowest BCUT2D eigenvalue weighted by atomic mass is 10.3. The Kier molecular flexibility index (Phi) is 2.91. The van der Waals surface area contributed by atoms with Gasteiger partial charge >= 0.3 is 0 Å². The van der Waals surface area contributed by atoms with E-state index < -0.39 is 0 Å². The lowest BCUT2D eigenvalue weighted by Crippen LogP contribution is -1.89. The molecule has 0 bridgehead atoms. The molecule has 0 saturated carbocycles. The number of carbonyl (C=O) groups is 1. The van der Waals surface area contributed by atoms with E-state index in [0.717, 1.165) is 20.5 Å². The molecule has 0 fully saturated rings. The normalized spacial score (nSPS) is 10.6. The van der Waals surface area contributed by atoms with Gasteiger partial charge in [0, 0.05) is 12.3 Å². The van der Waals surface area contributed by atoms with E-state index in [-0.39, 0.29) is 5.78 Å². The molecule has 5 heteroatoms. The Bertz CT molecular complexity index is 515. The third-order valence-electron chi connectivity index (χ3n) is 1.89. The van der Waals surface area contributed by atoms with E-state index in [2.05, 4.69) is 4.98 Å². The van der Waals surface area contributed by atoms with E-state index in [1.165, 1.54) is 11.3 Å². The number of aryl methyl sites for hydroxylation is 1. The molecule has 0 atom stereocenters. The second-order valence-electron chi connectivity index (χ2n) is 3.12. The molecular weight excluding hydrogens is 250 g/mol. The maximum absolute atomic E-state index is 11.3. The summed E-state index contributed by atoms with van der Waals surface area (Å²) >= 11 is 8.81. The number of thiophene rings is 1. The summed E-state index contributed by atoms with van der Waals surface area (Å²) in [5.74, 6) is 0.0684. The third kappa shape index (κ3) is 2.12. The fraction of sp³-hybridized carbons (Fsp3) is 0.200. The van der Waals surface area contributed by atoms with Crippen LogP contribution >= 0.6 is 34.3 Å². The molecule has 2 rings (SSSR count). The maximum Gasteiger partial charge on any atom is 0.171 e. The Hall–Kier alpha value is -0.710. The van der Waals surface area contributed by atoms with E-state index in [1.54, 1.807) is 18.3 Å². The number of aromatic nitrogens is 1. The minimum absolute atomic E-state index is 0.0684. The van der Waals surface area contributed by atoms with E-state index in [1.807, 2.05) is 18.4 Å². The molecule has 0 unspecified atom stereocenters. The van der Waals surface area contributed by atoms with Gasteiger partial charge < -0.3 is 0 Å². The lowest BCUT2D eigenvalue weighted by Gasteiger charge is -1.86. The fourth-order valence-electron chi connectivity index (χ4n) is 1.25. The van der Waals surface area contributed by atoms with Gasteiger partial charge in [0.1, 0.15) is 5.01 Å². The molecule has 0 aliphatic heterocycles. The first-order valence-electron chi connectivity index (χ1n) is 4.30. The van der Waals surface area contributed by atoms with Crippen LogP contribution in [0, 0.1) is 6.92 Å². The molecule has 0 amide bonds. The molecule has 0 aliphatic rings. The molecule has 2 aromatic heterocycles. The standard InChI is InChI=1S/C10H8ClNOS2/c1-5-9(6(2)13)15-10(12-5)8-3-7(11)4-14-8/h3-4H,1-2H3. The molecule has 0 spiro atoms. The van der Waals surface area contributed by atoms with Crippen molar-refractivity contribution in [3.05, 3.63) is 27.0 Å². The minimum Gasteiger partial charge on any atom is -0.294 e. The van der Waals surface area contributed by atoms with Crippen molar-refractivity contribution in [1.29, 1.82) is 0 Å². The quantitative estimate of drug-likeness (QED) is 0.760. The van der Waals surface area contributed by atoms with Crippen LogP contribution in [0.2, 0.25) is 5.02 Å². The summed E-state index contributed by atoms with van der Waals surface area (Å²) in [4.78, 5) is 17.4. The first kappa shape index (κ1) is 10.8. The Morgan fingerprint density at radius 1 is 1.53 bits per heavy atom. The van der Waals surface area contributed by atoms with Crippen LogP contribution < -0.4 is 0 Å². The van der Waals surface area contributed by atoms with Gasteiger partial charge in [0.05, 0.1) is 20.5 Å². The van der Waals surface area contributed by atoms with Gasteiger partial charge in [-0.05, 0) is 13.0 Å². The number of hydrogen-bond donors (Lipinski definition) is 0. The van der Waals surface area contributed by atoms with E-state index in [9.17, 15) is 4.79 Å². The Morgan fingerprint density at radius 3 is 2.73 bits per heavy atom. The van der Waals surface area contributed by atoms with Gasteiger partial charge in [0.15, 0.2) is 5.78 Å². The summed E-state index contributed by atoms with van der Waals surface area (Å²) < 4.78 is 0. The SMILES string of the molecule is CC(=O)c1sc(-c2cc(Cl)cs2)nc1C. The molecule has 0 aliphatic carbocycles.